The predicted molar refractivity (Wildman–Crippen MR) is 105 cm³/mol. The summed E-state index contributed by atoms with van der Waals surface area (Å²) in [6.45, 7) is 1.42. The molecule has 0 fully saturated rings. The van der Waals surface area contributed by atoms with Crippen molar-refractivity contribution in [2.24, 2.45) is 5.10 Å². The molecule has 0 spiro atoms. The van der Waals surface area contributed by atoms with E-state index in [1.807, 2.05) is 6.07 Å². The number of amides is 2. The fourth-order valence-electron chi connectivity index (χ4n) is 2.54. The van der Waals surface area contributed by atoms with Crippen LogP contribution in [0.15, 0.2) is 75.4 Å². The first-order chi connectivity index (χ1) is 13.5. The fourth-order valence-corrected chi connectivity index (χ4v) is 2.54. The molecule has 2 amide bonds. The molecule has 0 aliphatic rings. The van der Waals surface area contributed by atoms with Gasteiger partial charge in [-0.3, -0.25) is 9.78 Å². The lowest BCUT2D eigenvalue weighted by Crippen LogP contribution is -2.33. The number of rotatable bonds is 4. The topological polar surface area (TPSA) is 129 Å². The molecule has 3 rings (SSSR count). The molecule has 3 aromatic rings. The van der Waals surface area contributed by atoms with Crippen molar-refractivity contribution in [3.63, 3.8) is 0 Å². The molecule has 0 aliphatic heterocycles. The number of H-pyrrole nitrogens is 1. The summed E-state index contributed by atoms with van der Waals surface area (Å²) in [6.07, 6.45) is 0. The van der Waals surface area contributed by atoms with Gasteiger partial charge in [-0.05, 0) is 31.2 Å². The number of nitrogens with one attached hydrogen (secondary N) is 3. The summed E-state index contributed by atoms with van der Waals surface area (Å²) in [5.74, 6) is -0.577. The standard InChI is InChI=1S/C19H17N5O4/c1-12(22-23-18(27)20-13-8-4-2-5-9-13)15-16(25)21-19(28)24(17(15)26)14-10-6-3-7-11-14/h2-11,26H,1H3,(H2,20,23,27)(H,21,25,28). The highest BCUT2D eigenvalue weighted by atomic mass is 16.3. The minimum atomic E-state index is -0.818. The van der Waals surface area contributed by atoms with E-state index in [0.717, 1.165) is 4.57 Å². The number of nitrogens with zero attached hydrogens (tertiary/aromatic N) is 2. The highest BCUT2D eigenvalue weighted by molar-refractivity contribution is 6.01. The number of para-hydroxylation sites is 2. The SMILES string of the molecule is CC(=NNC(=O)Nc1ccccc1)c1c(O)n(-c2ccccc2)c(=O)[nH]c1=O. The third-order valence-corrected chi connectivity index (χ3v) is 3.82. The molecule has 0 aliphatic carbocycles. The number of carbonyl (C=O) groups is 1. The van der Waals surface area contributed by atoms with Crippen LogP contribution < -0.4 is 22.0 Å². The van der Waals surface area contributed by atoms with Crippen molar-refractivity contribution < 1.29 is 9.90 Å². The minimum absolute atomic E-state index is 0.0200. The number of anilines is 1. The number of aromatic nitrogens is 2. The number of aromatic hydroxyl groups is 1. The average molecular weight is 379 g/mol. The zero-order valence-electron chi connectivity index (χ0n) is 14.8. The molecule has 1 heterocycles. The molecule has 0 radical (unpaired) electrons. The smallest absolute Gasteiger partial charge is 0.339 e. The van der Waals surface area contributed by atoms with Crippen molar-refractivity contribution in [2.75, 3.05) is 5.32 Å². The van der Waals surface area contributed by atoms with Crippen molar-refractivity contribution in [1.29, 1.82) is 0 Å². The van der Waals surface area contributed by atoms with Crippen LogP contribution in [0.1, 0.15) is 12.5 Å². The molecule has 4 N–H and O–H groups in total. The van der Waals surface area contributed by atoms with Gasteiger partial charge >= 0.3 is 11.7 Å². The van der Waals surface area contributed by atoms with Crippen LogP contribution in [-0.4, -0.2) is 26.4 Å². The van der Waals surface area contributed by atoms with Crippen molar-refractivity contribution >= 4 is 17.4 Å². The van der Waals surface area contributed by atoms with E-state index in [9.17, 15) is 19.5 Å². The molecule has 28 heavy (non-hydrogen) atoms. The lowest BCUT2D eigenvalue weighted by molar-refractivity contribution is 0.252. The highest BCUT2D eigenvalue weighted by Gasteiger charge is 2.18. The number of hydrazone groups is 1. The summed E-state index contributed by atoms with van der Waals surface area (Å²) in [7, 11) is 0. The van der Waals surface area contributed by atoms with Crippen LogP contribution in [0.3, 0.4) is 0 Å². The Labute approximate surface area is 159 Å². The van der Waals surface area contributed by atoms with Gasteiger partial charge in [0.1, 0.15) is 5.56 Å². The van der Waals surface area contributed by atoms with E-state index in [2.05, 4.69) is 20.8 Å². The van der Waals surface area contributed by atoms with Crippen LogP contribution >= 0.6 is 0 Å². The molecular formula is C19H17N5O4. The largest absolute Gasteiger partial charge is 0.493 e. The number of hydrogen-bond donors (Lipinski definition) is 4. The highest BCUT2D eigenvalue weighted by Crippen LogP contribution is 2.16. The quantitative estimate of drug-likeness (QED) is 0.407. The molecule has 9 heteroatoms. The van der Waals surface area contributed by atoms with Crippen LogP contribution in [0, 0.1) is 0 Å². The second-order valence-corrected chi connectivity index (χ2v) is 5.76. The van der Waals surface area contributed by atoms with E-state index >= 15 is 0 Å². The molecule has 2 aromatic carbocycles. The summed E-state index contributed by atoms with van der Waals surface area (Å²) in [6, 6.07) is 16.4. The van der Waals surface area contributed by atoms with Gasteiger partial charge in [0.15, 0.2) is 0 Å². The Morgan fingerprint density at radius 1 is 1.04 bits per heavy atom. The van der Waals surface area contributed by atoms with Crippen LogP contribution in [0.2, 0.25) is 0 Å². The zero-order valence-corrected chi connectivity index (χ0v) is 14.8. The Hall–Kier alpha value is -4.14. The first kappa shape index (κ1) is 18.6. The molecule has 0 bridgehead atoms. The van der Waals surface area contributed by atoms with E-state index in [4.69, 9.17) is 0 Å². The van der Waals surface area contributed by atoms with Gasteiger partial charge in [-0.25, -0.2) is 19.6 Å². The van der Waals surface area contributed by atoms with E-state index in [1.54, 1.807) is 54.6 Å². The Morgan fingerprint density at radius 3 is 2.29 bits per heavy atom. The molecule has 0 saturated carbocycles. The molecule has 0 unspecified atom stereocenters. The monoisotopic (exact) mass is 379 g/mol. The third-order valence-electron chi connectivity index (χ3n) is 3.82. The van der Waals surface area contributed by atoms with Crippen molar-refractivity contribution in [2.45, 2.75) is 6.92 Å². The lowest BCUT2D eigenvalue weighted by Gasteiger charge is -2.11. The fraction of sp³-hybridized carbons (Fsp3) is 0.0526. The lowest BCUT2D eigenvalue weighted by atomic mass is 10.2. The summed E-state index contributed by atoms with van der Waals surface area (Å²) in [5.41, 5.74) is 1.35. The maximum atomic E-state index is 12.2. The zero-order chi connectivity index (χ0) is 20.1. The molecule has 0 atom stereocenters. The van der Waals surface area contributed by atoms with Gasteiger partial charge in [0.05, 0.1) is 11.4 Å². The van der Waals surface area contributed by atoms with Crippen molar-refractivity contribution in [1.82, 2.24) is 15.0 Å². The maximum absolute atomic E-state index is 12.2. The van der Waals surface area contributed by atoms with Crippen LogP contribution in [0.5, 0.6) is 5.88 Å². The van der Waals surface area contributed by atoms with Gasteiger partial charge < -0.3 is 10.4 Å². The molecular weight excluding hydrogens is 362 g/mol. The summed E-state index contributed by atoms with van der Waals surface area (Å²) < 4.78 is 0.944. The van der Waals surface area contributed by atoms with Crippen molar-refractivity contribution in [3.05, 3.63) is 87.1 Å². The maximum Gasteiger partial charge on any atom is 0.339 e. The predicted octanol–water partition coefficient (Wildman–Crippen LogP) is 1.78. The number of carbonyl (C=O) groups excluding carboxylic acids is 1. The minimum Gasteiger partial charge on any atom is -0.493 e. The Bertz CT molecular complexity index is 1130. The first-order valence-corrected chi connectivity index (χ1v) is 8.28. The number of urea groups is 1. The van der Waals surface area contributed by atoms with E-state index in [1.165, 1.54) is 6.92 Å². The Kier molecular flexibility index (Phi) is 5.35. The molecule has 0 saturated heterocycles. The Balaban J connectivity index is 1.90. The summed E-state index contributed by atoms with van der Waals surface area (Å²) >= 11 is 0. The average Bonchev–Trinajstić information content (AvgIpc) is 2.67. The molecule has 9 nitrogen and oxygen atoms in total. The number of aromatic amines is 1. The van der Waals surface area contributed by atoms with Gasteiger partial charge in [0.25, 0.3) is 5.56 Å². The van der Waals surface area contributed by atoms with Gasteiger partial charge in [-0.15, -0.1) is 0 Å². The van der Waals surface area contributed by atoms with Gasteiger partial charge in [-0.2, -0.15) is 5.10 Å². The van der Waals surface area contributed by atoms with Crippen LogP contribution in [0.25, 0.3) is 5.69 Å². The van der Waals surface area contributed by atoms with Gasteiger partial charge in [0.2, 0.25) is 5.88 Å². The second kappa shape index (κ2) is 8.04. The Morgan fingerprint density at radius 2 is 1.64 bits per heavy atom. The molecule has 142 valence electrons. The normalized spacial score (nSPS) is 11.1. The first-order valence-electron chi connectivity index (χ1n) is 8.28. The second-order valence-electron chi connectivity index (χ2n) is 5.76. The van der Waals surface area contributed by atoms with E-state index < -0.39 is 23.2 Å². The van der Waals surface area contributed by atoms with E-state index in [0.29, 0.717) is 11.4 Å². The van der Waals surface area contributed by atoms with Gasteiger partial charge in [0, 0.05) is 5.69 Å². The van der Waals surface area contributed by atoms with Crippen LogP contribution in [-0.2, 0) is 0 Å². The number of benzene rings is 2. The third kappa shape index (κ3) is 3.98. The molecule has 1 aromatic heterocycles. The van der Waals surface area contributed by atoms with Gasteiger partial charge in [-0.1, -0.05) is 36.4 Å². The number of hydrogen-bond acceptors (Lipinski definition) is 5. The summed E-state index contributed by atoms with van der Waals surface area (Å²) in [4.78, 5) is 38.4. The summed E-state index contributed by atoms with van der Waals surface area (Å²) in [5, 5.41) is 16.9. The van der Waals surface area contributed by atoms with Crippen LogP contribution in [0.4, 0.5) is 10.5 Å². The van der Waals surface area contributed by atoms with E-state index in [-0.39, 0.29) is 11.3 Å². The van der Waals surface area contributed by atoms with Crippen molar-refractivity contribution in [3.8, 4) is 11.6 Å².